The van der Waals surface area contributed by atoms with Crippen LogP contribution in [-0.2, 0) is 23.1 Å². The molecule has 0 N–H and O–H groups in total. The first-order valence-electron chi connectivity index (χ1n) is 9.70. The van der Waals surface area contributed by atoms with Gasteiger partial charge in [-0.05, 0) is 11.0 Å². The number of nitrogens with zero attached hydrogens (tertiary/aromatic N) is 5. The van der Waals surface area contributed by atoms with Crippen molar-refractivity contribution in [2.75, 3.05) is 0 Å². The second-order valence-electron chi connectivity index (χ2n) is 9.09. The van der Waals surface area contributed by atoms with Crippen LogP contribution in [0.5, 0.6) is 0 Å². The van der Waals surface area contributed by atoms with Gasteiger partial charge >= 0.3 is 0 Å². The van der Waals surface area contributed by atoms with E-state index in [9.17, 15) is 0 Å². The second kappa shape index (κ2) is 8.14. The van der Waals surface area contributed by atoms with Crippen LogP contribution in [0.4, 0.5) is 0 Å². The molecule has 3 aromatic rings. The molecule has 1 aromatic carbocycles. The molecule has 29 heavy (non-hydrogen) atoms. The maximum absolute atomic E-state index is 5.37. The maximum atomic E-state index is 5.37. The molecule has 6 nitrogen and oxygen atoms in total. The lowest BCUT2D eigenvalue weighted by Crippen LogP contribution is -2.11. The van der Waals surface area contributed by atoms with E-state index in [0.717, 1.165) is 16.5 Å². The highest BCUT2D eigenvalue weighted by Gasteiger charge is 2.22. The monoisotopic (exact) mass is 411 g/mol. The third kappa shape index (κ3) is 4.96. The molecular weight excluding hydrogens is 382 g/mol. The fraction of sp³-hybridized carbons (Fsp3) is 0.455. The van der Waals surface area contributed by atoms with Crippen molar-refractivity contribution in [3.63, 3.8) is 0 Å². The standard InChI is InChI=1S/C22H29N5OS/c1-8-13-27-18(15-9-11-16(12-10-15)21(2,3)4)24-25-20(27)29-14-17-23-19(28-26-17)22(5,6)7/h8-12H,1,13-14H2,2-7H3. The van der Waals surface area contributed by atoms with Gasteiger partial charge in [-0.25, -0.2) is 0 Å². The van der Waals surface area contributed by atoms with Crippen LogP contribution in [0.1, 0.15) is 58.8 Å². The predicted octanol–water partition coefficient (Wildman–Crippen LogP) is 5.40. The minimum atomic E-state index is -0.162. The Balaban J connectivity index is 1.81. The quantitative estimate of drug-likeness (QED) is 0.399. The third-order valence-corrected chi connectivity index (χ3v) is 5.44. The van der Waals surface area contributed by atoms with E-state index in [1.165, 1.54) is 5.56 Å². The van der Waals surface area contributed by atoms with Crippen molar-refractivity contribution in [2.45, 2.75) is 69.8 Å². The molecule has 0 amide bonds. The SMILES string of the molecule is C=CCn1c(SCc2noc(C(C)(C)C)n2)nnc1-c1ccc(C(C)(C)C)cc1. The normalized spacial score (nSPS) is 12.3. The van der Waals surface area contributed by atoms with Crippen molar-refractivity contribution in [1.82, 2.24) is 24.9 Å². The third-order valence-electron chi connectivity index (χ3n) is 4.48. The van der Waals surface area contributed by atoms with E-state index in [4.69, 9.17) is 4.52 Å². The molecule has 0 atom stereocenters. The summed E-state index contributed by atoms with van der Waals surface area (Å²) in [6.45, 7) is 17.3. The Kier molecular flexibility index (Phi) is 5.98. The van der Waals surface area contributed by atoms with Gasteiger partial charge in [0.05, 0.1) is 5.75 Å². The van der Waals surface area contributed by atoms with Crippen molar-refractivity contribution in [1.29, 1.82) is 0 Å². The van der Waals surface area contributed by atoms with Gasteiger partial charge < -0.3 is 4.52 Å². The fourth-order valence-electron chi connectivity index (χ4n) is 2.77. The Bertz CT molecular complexity index is 974. The number of benzene rings is 1. The van der Waals surface area contributed by atoms with Crippen LogP contribution in [0, 0.1) is 0 Å². The molecule has 0 bridgehead atoms. The van der Waals surface area contributed by atoms with Gasteiger partial charge in [-0.2, -0.15) is 4.98 Å². The van der Waals surface area contributed by atoms with Crippen molar-refractivity contribution in [3.8, 4) is 11.4 Å². The van der Waals surface area contributed by atoms with Gasteiger partial charge in [-0.3, -0.25) is 4.57 Å². The zero-order valence-electron chi connectivity index (χ0n) is 18.1. The van der Waals surface area contributed by atoms with Crippen LogP contribution in [-0.4, -0.2) is 24.9 Å². The molecule has 3 rings (SSSR count). The number of hydrogen-bond donors (Lipinski definition) is 0. The first kappa shape index (κ1) is 21.3. The minimum absolute atomic E-state index is 0.116. The first-order valence-corrected chi connectivity index (χ1v) is 10.7. The number of allylic oxidation sites excluding steroid dienone is 1. The molecule has 7 heteroatoms. The Morgan fingerprint density at radius 1 is 1.03 bits per heavy atom. The van der Waals surface area contributed by atoms with Crippen LogP contribution >= 0.6 is 11.8 Å². The largest absolute Gasteiger partial charge is 0.339 e. The number of aromatic nitrogens is 5. The second-order valence-corrected chi connectivity index (χ2v) is 10.0. The summed E-state index contributed by atoms with van der Waals surface area (Å²) in [7, 11) is 0. The molecule has 2 heterocycles. The molecule has 0 radical (unpaired) electrons. The summed E-state index contributed by atoms with van der Waals surface area (Å²) in [5.74, 6) is 2.69. The summed E-state index contributed by atoms with van der Waals surface area (Å²) in [6.07, 6.45) is 1.85. The van der Waals surface area contributed by atoms with Crippen molar-refractivity contribution >= 4 is 11.8 Å². The number of rotatable bonds is 6. The van der Waals surface area contributed by atoms with Crippen LogP contribution < -0.4 is 0 Å². The molecule has 0 saturated carbocycles. The molecule has 0 fully saturated rings. The van der Waals surface area contributed by atoms with Gasteiger partial charge in [0.15, 0.2) is 16.8 Å². The molecule has 154 valence electrons. The zero-order valence-corrected chi connectivity index (χ0v) is 18.9. The number of thioether (sulfide) groups is 1. The maximum Gasteiger partial charge on any atom is 0.232 e. The average molecular weight is 412 g/mol. The predicted molar refractivity (Wildman–Crippen MR) is 117 cm³/mol. The molecular formula is C22H29N5OS. The fourth-order valence-corrected chi connectivity index (χ4v) is 3.56. The molecule has 0 spiro atoms. The summed E-state index contributed by atoms with van der Waals surface area (Å²) < 4.78 is 7.44. The molecule has 0 saturated heterocycles. The lowest BCUT2D eigenvalue weighted by molar-refractivity contribution is 0.319. The molecule has 0 aliphatic carbocycles. The highest BCUT2D eigenvalue weighted by atomic mass is 32.2. The van der Waals surface area contributed by atoms with E-state index in [0.29, 0.717) is 24.0 Å². The molecule has 0 unspecified atom stereocenters. The lowest BCUT2D eigenvalue weighted by Gasteiger charge is -2.19. The molecule has 0 aliphatic heterocycles. The average Bonchev–Trinajstić information content (AvgIpc) is 3.27. The van der Waals surface area contributed by atoms with Crippen LogP contribution in [0.15, 0.2) is 46.6 Å². The topological polar surface area (TPSA) is 69.6 Å². The van der Waals surface area contributed by atoms with E-state index < -0.39 is 0 Å². The Morgan fingerprint density at radius 3 is 2.28 bits per heavy atom. The van der Waals surface area contributed by atoms with Gasteiger partial charge in [-0.1, -0.05) is 88.8 Å². The van der Waals surface area contributed by atoms with Gasteiger partial charge in [-0.15, -0.1) is 16.8 Å². The van der Waals surface area contributed by atoms with E-state index in [1.807, 2.05) is 6.08 Å². The van der Waals surface area contributed by atoms with E-state index in [1.54, 1.807) is 11.8 Å². The van der Waals surface area contributed by atoms with Gasteiger partial charge in [0, 0.05) is 17.5 Å². The first-order chi connectivity index (χ1) is 13.6. The number of hydrogen-bond acceptors (Lipinski definition) is 6. The smallest absolute Gasteiger partial charge is 0.232 e. The summed E-state index contributed by atoms with van der Waals surface area (Å²) in [6, 6.07) is 8.52. The van der Waals surface area contributed by atoms with Crippen LogP contribution in [0.3, 0.4) is 0 Å². The van der Waals surface area contributed by atoms with Crippen molar-refractivity contribution < 1.29 is 4.52 Å². The lowest BCUT2D eigenvalue weighted by atomic mass is 9.87. The molecule has 0 aliphatic rings. The Hall–Kier alpha value is -2.41. The highest BCUT2D eigenvalue weighted by molar-refractivity contribution is 7.98. The van der Waals surface area contributed by atoms with Crippen LogP contribution in [0.25, 0.3) is 11.4 Å². The van der Waals surface area contributed by atoms with Gasteiger partial charge in [0.25, 0.3) is 0 Å². The van der Waals surface area contributed by atoms with E-state index in [2.05, 4.69) is 97.3 Å². The minimum Gasteiger partial charge on any atom is -0.339 e. The summed E-state index contributed by atoms with van der Waals surface area (Å²) in [4.78, 5) is 4.49. The Morgan fingerprint density at radius 2 is 1.72 bits per heavy atom. The molecule has 2 aromatic heterocycles. The zero-order chi connectivity index (χ0) is 21.2. The highest BCUT2D eigenvalue weighted by Crippen LogP contribution is 2.29. The van der Waals surface area contributed by atoms with Crippen molar-refractivity contribution in [3.05, 3.63) is 54.2 Å². The van der Waals surface area contributed by atoms with E-state index in [-0.39, 0.29) is 10.8 Å². The Labute approximate surface area is 176 Å². The summed E-state index contributed by atoms with van der Waals surface area (Å²) in [5.41, 5.74) is 2.28. The summed E-state index contributed by atoms with van der Waals surface area (Å²) in [5, 5.41) is 13.7. The van der Waals surface area contributed by atoms with Gasteiger partial charge in [0.1, 0.15) is 0 Å². The van der Waals surface area contributed by atoms with Crippen molar-refractivity contribution in [2.24, 2.45) is 0 Å². The van der Waals surface area contributed by atoms with Gasteiger partial charge in [0.2, 0.25) is 5.89 Å². The summed E-state index contributed by atoms with van der Waals surface area (Å²) >= 11 is 1.54. The van der Waals surface area contributed by atoms with E-state index >= 15 is 0 Å². The van der Waals surface area contributed by atoms with Crippen LogP contribution in [0.2, 0.25) is 0 Å².